The molecule has 3 saturated heterocycles. The molecule has 76 valence electrons. The fourth-order valence-electron chi connectivity index (χ4n) is 2.41. The number of fused-ring (bicyclic) bond motifs is 3. The number of hydrogen-bond acceptors (Lipinski definition) is 3. The van der Waals surface area contributed by atoms with Gasteiger partial charge in [-0.15, -0.1) is 0 Å². The maximum atomic E-state index is 10.9. The van der Waals surface area contributed by atoms with Crippen LogP contribution in [-0.2, 0) is 14.3 Å². The Morgan fingerprint density at radius 1 is 1.31 bits per heavy atom. The average Bonchev–Trinajstić information content (AvgIpc) is 2.03. The van der Waals surface area contributed by atoms with Gasteiger partial charge < -0.3 is 4.90 Å². The summed E-state index contributed by atoms with van der Waals surface area (Å²) in [5.74, 6) is 0.479. The zero-order chi connectivity index (χ0) is 9.47. The second kappa shape index (κ2) is 3.22. The minimum absolute atomic E-state index is 0.0486. The van der Waals surface area contributed by atoms with Crippen molar-refractivity contribution in [3.63, 3.8) is 0 Å². The van der Waals surface area contributed by atoms with Gasteiger partial charge in [0, 0.05) is 18.8 Å². The van der Waals surface area contributed by atoms with Crippen molar-refractivity contribution in [1.29, 1.82) is 0 Å². The Labute approximate surface area is 79.0 Å². The molecule has 0 aromatic heterocycles. The molecule has 5 heteroatoms. The Balaban J connectivity index is 2.01. The van der Waals surface area contributed by atoms with Crippen molar-refractivity contribution in [1.82, 2.24) is 0 Å². The van der Waals surface area contributed by atoms with E-state index < -0.39 is 10.1 Å². The second-order valence-corrected chi connectivity index (χ2v) is 5.73. The molecule has 0 aromatic rings. The van der Waals surface area contributed by atoms with Crippen molar-refractivity contribution in [2.75, 3.05) is 25.9 Å². The Hall–Kier alpha value is -0.130. The summed E-state index contributed by atoms with van der Waals surface area (Å²) >= 11 is 0. The molecule has 0 aromatic carbocycles. The lowest BCUT2D eigenvalue weighted by Crippen LogP contribution is -3.16. The van der Waals surface area contributed by atoms with E-state index >= 15 is 0 Å². The molecule has 0 unspecified atom stereocenters. The minimum Gasteiger partial charge on any atom is -0.333 e. The summed E-state index contributed by atoms with van der Waals surface area (Å²) in [6.45, 7) is 3.25. The van der Waals surface area contributed by atoms with Crippen molar-refractivity contribution in [3.8, 4) is 0 Å². The summed E-state index contributed by atoms with van der Waals surface area (Å²) in [5, 5.41) is 0. The van der Waals surface area contributed by atoms with Crippen LogP contribution in [0.2, 0.25) is 0 Å². The highest BCUT2D eigenvalue weighted by Crippen LogP contribution is 2.21. The molecule has 1 atom stereocenters. The first-order chi connectivity index (χ1) is 6.04. The van der Waals surface area contributed by atoms with Gasteiger partial charge in [0.2, 0.25) is 0 Å². The van der Waals surface area contributed by atoms with Gasteiger partial charge in [-0.3, -0.25) is 4.18 Å². The van der Waals surface area contributed by atoms with E-state index in [0.717, 1.165) is 25.6 Å². The van der Waals surface area contributed by atoms with Crippen LogP contribution in [0.15, 0.2) is 0 Å². The molecule has 4 nitrogen and oxygen atoms in total. The lowest BCUT2D eigenvalue weighted by molar-refractivity contribution is -0.920. The van der Waals surface area contributed by atoms with E-state index in [-0.39, 0.29) is 6.10 Å². The normalized spacial score (nSPS) is 39.3. The summed E-state index contributed by atoms with van der Waals surface area (Å²) in [6, 6.07) is 0. The van der Waals surface area contributed by atoms with Gasteiger partial charge in [0.05, 0.1) is 19.3 Å². The maximum Gasteiger partial charge on any atom is 0.264 e. The molecular formula is C8H16NO3S+. The minimum atomic E-state index is -3.26. The topological polar surface area (TPSA) is 47.8 Å². The molecule has 2 bridgehead atoms. The van der Waals surface area contributed by atoms with Crippen molar-refractivity contribution in [2.24, 2.45) is 5.92 Å². The van der Waals surface area contributed by atoms with Crippen molar-refractivity contribution >= 4 is 10.1 Å². The number of hydrogen-bond donors (Lipinski definition) is 1. The number of rotatable bonds is 2. The highest BCUT2D eigenvalue weighted by atomic mass is 32.2. The average molecular weight is 206 g/mol. The molecule has 3 heterocycles. The summed E-state index contributed by atoms with van der Waals surface area (Å²) in [7, 11) is -3.26. The number of piperidine rings is 3. The largest absolute Gasteiger partial charge is 0.333 e. The first-order valence-corrected chi connectivity index (χ1v) is 6.58. The van der Waals surface area contributed by atoms with E-state index in [1.165, 1.54) is 18.0 Å². The van der Waals surface area contributed by atoms with Gasteiger partial charge in [-0.05, 0) is 0 Å². The number of nitrogens with one attached hydrogen (secondary N) is 1. The first kappa shape index (κ1) is 9.43. The molecule has 0 amide bonds. The van der Waals surface area contributed by atoms with Gasteiger partial charge in [-0.2, -0.15) is 8.42 Å². The number of quaternary nitrogens is 1. The van der Waals surface area contributed by atoms with Gasteiger partial charge in [-0.25, -0.2) is 0 Å². The third-order valence-corrected chi connectivity index (χ3v) is 3.65. The lowest BCUT2D eigenvalue weighted by atomic mass is 9.86. The summed E-state index contributed by atoms with van der Waals surface area (Å²) < 4.78 is 27.0. The molecule has 3 fully saturated rings. The summed E-state index contributed by atoms with van der Waals surface area (Å²) in [5.41, 5.74) is 0. The fourth-order valence-corrected chi connectivity index (χ4v) is 3.09. The third kappa shape index (κ3) is 2.21. The summed E-state index contributed by atoms with van der Waals surface area (Å²) in [4.78, 5) is 1.50. The Morgan fingerprint density at radius 2 is 1.92 bits per heavy atom. The molecule has 3 rings (SSSR count). The van der Waals surface area contributed by atoms with E-state index in [0.29, 0.717) is 5.92 Å². The zero-order valence-corrected chi connectivity index (χ0v) is 8.64. The van der Waals surface area contributed by atoms with Crippen molar-refractivity contribution in [3.05, 3.63) is 0 Å². The molecule has 0 spiro atoms. The van der Waals surface area contributed by atoms with Crippen LogP contribution in [0, 0.1) is 5.92 Å². The van der Waals surface area contributed by atoms with Crippen LogP contribution in [-0.4, -0.2) is 40.4 Å². The van der Waals surface area contributed by atoms with Crippen LogP contribution in [0.25, 0.3) is 0 Å². The molecule has 1 N–H and O–H groups in total. The highest BCUT2D eigenvalue weighted by molar-refractivity contribution is 7.86. The zero-order valence-electron chi connectivity index (χ0n) is 7.82. The van der Waals surface area contributed by atoms with Crippen LogP contribution >= 0.6 is 0 Å². The monoisotopic (exact) mass is 206 g/mol. The van der Waals surface area contributed by atoms with Crippen LogP contribution in [0.3, 0.4) is 0 Å². The van der Waals surface area contributed by atoms with Gasteiger partial charge in [-0.1, -0.05) is 0 Å². The molecule has 3 aliphatic heterocycles. The van der Waals surface area contributed by atoms with Crippen LogP contribution in [0.4, 0.5) is 0 Å². The highest BCUT2D eigenvalue weighted by Gasteiger charge is 2.39. The Kier molecular flexibility index (Phi) is 2.33. The van der Waals surface area contributed by atoms with Crippen LogP contribution in [0.1, 0.15) is 12.8 Å². The quantitative estimate of drug-likeness (QED) is 0.568. The molecular weight excluding hydrogens is 190 g/mol. The Bertz CT molecular complexity index is 280. The maximum absolute atomic E-state index is 10.9. The van der Waals surface area contributed by atoms with E-state index in [1.807, 2.05) is 0 Å². The van der Waals surface area contributed by atoms with Gasteiger partial charge in [0.1, 0.15) is 12.6 Å². The lowest BCUT2D eigenvalue weighted by Gasteiger charge is -2.40. The molecule has 0 radical (unpaired) electrons. The fraction of sp³-hybridized carbons (Fsp3) is 1.00. The molecule has 0 aliphatic carbocycles. The molecule has 13 heavy (non-hydrogen) atoms. The van der Waals surface area contributed by atoms with Gasteiger partial charge >= 0.3 is 0 Å². The summed E-state index contributed by atoms with van der Waals surface area (Å²) in [6.07, 6.45) is 3.33. The van der Waals surface area contributed by atoms with Crippen LogP contribution in [0.5, 0.6) is 0 Å². The van der Waals surface area contributed by atoms with Crippen molar-refractivity contribution in [2.45, 2.75) is 18.9 Å². The predicted octanol–water partition coefficient (Wildman–Crippen LogP) is -1.36. The van der Waals surface area contributed by atoms with Crippen LogP contribution < -0.4 is 4.90 Å². The van der Waals surface area contributed by atoms with Gasteiger partial charge in [0.25, 0.3) is 10.1 Å². The van der Waals surface area contributed by atoms with E-state index in [2.05, 4.69) is 0 Å². The molecule has 0 saturated carbocycles. The van der Waals surface area contributed by atoms with Crippen molar-refractivity contribution < 1.29 is 17.5 Å². The first-order valence-electron chi connectivity index (χ1n) is 4.76. The molecule has 3 aliphatic rings. The Morgan fingerprint density at radius 3 is 2.31 bits per heavy atom. The SMILES string of the molecule is CS(=O)(=O)O[C@@H]1C[NH+]2CCC1CC2. The second-order valence-electron chi connectivity index (χ2n) is 4.13. The van der Waals surface area contributed by atoms with E-state index in [1.54, 1.807) is 0 Å². The standard InChI is InChI=1S/C8H15NO3S/c1-13(10,11)12-8-6-9-4-2-7(8)3-5-9/h7-8H,2-6H2,1H3/p+1/t8-/m1/s1. The van der Waals surface area contributed by atoms with Gasteiger partial charge in [0.15, 0.2) is 0 Å². The van der Waals surface area contributed by atoms with E-state index in [4.69, 9.17) is 4.18 Å². The third-order valence-electron chi connectivity index (χ3n) is 3.05. The van der Waals surface area contributed by atoms with E-state index in [9.17, 15) is 8.42 Å². The predicted molar refractivity (Wildman–Crippen MR) is 48.0 cm³/mol. The smallest absolute Gasteiger partial charge is 0.264 e.